The average Bonchev–Trinajstić information content (AvgIpc) is 3.00. The van der Waals surface area contributed by atoms with E-state index in [0.717, 1.165) is 25.6 Å². The number of likely N-dealkylation sites (tertiary alicyclic amines) is 1. The maximum absolute atomic E-state index is 14.0. The second kappa shape index (κ2) is 7.61. The van der Waals surface area contributed by atoms with E-state index in [1.807, 2.05) is 7.05 Å². The maximum atomic E-state index is 14.0. The standard InChI is InChI=1S/C19H20F2N2O2/c1-23-9-8-13(11-23)12-25-19(24)22-18-10-14(20)6-7-16(18)15-4-2-3-5-17(15)21/h2-7,10,13H,8-9,11-12H2,1H3,(H,22,24)/t13-/m1/s1. The van der Waals surface area contributed by atoms with Crippen molar-refractivity contribution < 1.29 is 18.3 Å². The Morgan fingerprint density at radius 3 is 2.76 bits per heavy atom. The van der Waals surface area contributed by atoms with Crippen LogP contribution in [-0.4, -0.2) is 37.7 Å². The molecule has 0 unspecified atom stereocenters. The topological polar surface area (TPSA) is 41.6 Å². The Kier molecular flexibility index (Phi) is 5.28. The van der Waals surface area contributed by atoms with Crippen molar-refractivity contribution in [1.29, 1.82) is 0 Å². The van der Waals surface area contributed by atoms with Crippen LogP contribution in [0.25, 0.3) is 11.1 Å². The second-order valence-corrected chi connectivity index (χ2v) is 6.31. The van der Waals surface area contributed by atoms with Gasteiger partial charge in [0.25, 0.3) is 0 Å². The number of amides is 1. The van der Waals surface area contributed by atoms with Gasteiger partial charge in [-0.3, -0.25) is 5.32 Å². The van der Waals surface area contributed by atoms with Crippen molar-refractivity contribution in [1.82, 2.24) is 4.90 Å². The zero-order valence-corrected chi connectivity index (χ0v) is 14.0. The van der Waals surface area contributed by atoms with Crippen LogP contribution < -0.4 is 5.32 Å². The van der Waals surface area contributed by atoms with E-state index in [0.29, 0.717) is 18.1 Å². The van der Waals surface area contributed by atoms with E-state index in [1.165, 1.54) is 18.2 Å². The Hall–Kier alpha value is -2.47. The molecule has 25 heavy (non-hydrogen) atoms. The smallest absolute Gasteiger partial charge is 0.411 e. The Bertz CT molecular complexity index is 767. The van der Waals surface area contributed by atoms with Gasteiger partial charge in [-0.05, 0) is 44.3 Å². The average molecular weight is 346 g/mol. The van der Waals surface area contributed by atoms with E-state index in [4.69, 9.17) is 4.74 Å². The van der Waals surface area contributed by atoms with Crippen LogP contribution in [0.4, 0.5) is 19.3 Å². The van der Waals surface area contributed by atoms with Crippen molar-refractivity contribution in [3.63, 3.8) is 0 Å². The van der Waals surface area contributed by atoms with Gasteiger partial charge in [0.2, 0.25) is 0 Å². The normalized spacial score (nSPS) is 17.5. The highest BCUT2D eigenvalue weighted by atomic mass is 19.1. The zero-order valence-electron chi connectivity index (χ0n) is 14.0. The molecule has 3 rings (SSSR count). The van der Waals surface area contributed by atoms with E-state index >= 15 is 0 Å². The first-order valence-electron chi connectivity index (χ1n) is 8.19. The van der Waals surface area contributed by atoms with Gasteiger partial charge in [-0.25, -0.2) is 13.6 Å². The van der Waals surface area contributed by atoms with Crippen LogP contribution in [0.15, 0.2) is 42.5 Å². The molecular weight excluding hydrogens is 326 g/mol. The first-order chi connectivity index (χ1) is 12.0. The van der Waals surface area contributed by atoms with Crippen molar-refractivity contribution in [3.8, 4) is 11.1 Å². The quantitative estimate of drug-likeness (QED) is 0.905. The molecule has 132 valence electrons. The predicted octanol–water partition coefficient (Wildman–Crippen LogP) is 4.13. The molecule has 1 aliphatic heterocycles. The molecule has 1 atom stereocenters. The van der Waals surface area contributed by atoms with Crippen LogP contribution >= 0.6 is 0 Å². The number of carbonyl (C=O) groups excluding carboxylic acids is 1. The van der Waals surface area contributed by atoms with Gasteiger partial charge in [0, 0.05) is 23.6 Å². The summed E-state index contributed by atoms with van der Waals surface area (Å²) in [5.41, 5.74) is 0.867. The first kappa shape index (κ1) is 17.4. The minimum atomic E-state index is -0.669. The van der Waals surface area contributed by atoms with E-state index < -0.39 is 17.7 Å². The Morgan fingerprint density at radius 2 is 2.04 bits per heavy atom. The Labute approximate surface area is 145 Å². The van der Waals surface area contributed by atoms with Gasteiger partial charge in [0.1, 0.15) is 11.6 Å². The molecule has 0 aliphatic carbocycles. The molecule has 1 aliphatic rings. The molecule has 6 heteroatoms. The van der Waals surface area contributed by atoms with E-state index in [1.54, 1.807) is 18.2 Å². The van der Waals surface area contributed by atoms with Crippen molar-refractivity contribution in [2.24, 2.45) is 5.92 Å². The lowest BCUT2D eigenvalue weighted by molar-refractivity contribution is 0.142. The van der Waals surface area contributed by atoms with Crippen molar-refractivity contribution in [2.45, 2.75) is 6.42 Å². The largest absolute Gasteiger partial charge is 0.449 e. The van der Waals surface area contributed by atoms with Gasteiger partial charge in [0.05, 0.1) is 12.3 Å². The Morgan fingerprint density at radius 1 is 1.24 bits per heavy atom. The van der Waals surface area contributed by atoms with Crippen molar-refractivity contribution in [2.75, 3.05) is 32.1 Å². The van der Waals surface area contributed by atoms with Gasteiger partial charge in [0.15, 0.2) is 0 Å². The lowest BCUT2D eigenvalue weighted by Gasteiger charge is -2.14. The van der Waals surface area contributed by atoms with Gasteiger partial charge >= 0.3 is 6.09 Å². The van der Waals surface area contributed by atoms with Crippen LogP contribution in [0, 0.1) is 17.6 Å². The summed E-state index contributed by atoms with van der Waals surface area (Å²) in [5, 5.41) is 2.53. The predicted molar refractivity (Wildman–Crippen MR) is 92.4 cm³/mol. The number of halogens is 2. The molecule has 4 nitrogen and oxygen atoms in total. The van der Waals surface area contributed by atoms with Gasteiger partial charge < -0.3 is 9.64 Å². The molecule has 1 N–H and O–H groups in total. The summed E-state index contributed by atoms with van der Waals surface area (Å²) in [5.74, 6) is -0.665. The lowest BCUT2D eigenvalue weighted by Crippen LogP contribution is -2.21. The van der Waals surface area contributed by atoms with Gasteiger partial charge in [-0.1, -0.05) is 18.2 Å². The molecule has 0 bridgehead atoms. The minimum Gasteiger partial charge on any atom is -0.449 e. The second-order valence-electron chi connectivity index (χ2n) is 6.31. The third-order valence-corrected chi connectivity index (χ3v) is 4.32. The molecule has 2 aromatic rings. The highest BCUT2D eigenvalue weighted by molar-refractivity contribution is 5.91. The monoisotopic (exact) mass is 346 g/mol. The number of carbonyl (C=O) groups is 1. The third kappa shape index (κ3) is 4.33. The fourth-order valence-corrected chi connectivity index (χ4v) is 3.04. The molecule has 1 amide bonds. The molecular formula is C19H20F2N2O2. The van der Waals surface area contributed by atoms with Gasteiger partial charge in [-0.2, -0.15) is 0 Å². The SMILES string of the molecule is CN1CC[C@@H](COC(=O)Nc2cc(F)ccc2-c2ccccc2F)C1. The van der Waals surface area contributed by atoms with E-state index in [2.05, 4.69) is 10.2 Å². The number of benzene rings is 2. The highest BCUT2D eigenvalue weighted by Gasteiger charge is 2.21. The van der Waals surface area contributed by atoms with Crippen LogP contribution in [0.1, 0.15) is 6.42 Å². The lowest BCUT2D eigenvalue weighted by atomic mass is 10.0. The van der Waals surface area contributed by atoms with Crippen LogP contribution in [0.2, 0.25) is 0 Å². The zero-order chi connectivity index (χ0) is 17.8. The van der Waals surface area contributed by atoms with Crippen LogP contribution in [0.5, 0.6) is 0 Å². The maximum Gasteiger partial charge on any atom is 0.411 e. The molecule has 1 heterocycles. The molecule has 0 radical (unpaired) electrons. The van der Waals surface area contributed by atoms with Crippen molar-refractivity contribution >= 4 is 11.8 Å². The molecule has 0 aromatic heterocycles. The summed E-state index contributed by atoms with van der Waals surface area (Å²) in [4.78, 5) is 14.2. The number of rotatable bonds is 4. The molecule has 1 saturated heterocycles. The van der Waals surface area contributed by atoms with E-state index in [-0.39, 0.29) is 11.3 Å². The first-order valence-corrected chi connectivity index (χ1v) is 8.19. The van der Waals surface area contributed by atoms with E-state index in [9.17, 15) is 13.6 Å². The highest BCUT2D eigenvalue weighted by Crippen LogP contribution is 2.31. The van der Waals surface area contributed by atoms with Crippen LogP contribution in [0.3, 0.4) is 0 Å². The number of hydrogen-bond donors (Lipinski definition) is 1. The minimum absolute atomic E-state index is 0.179. The van der Waals surface area contributed by atoms with Crippen LogP contribution in [-0.2, 0) is 4.74 Å². The Balaban J connectivity index is 1.72. The molecule has 0 saturated carbocycles. The summed E-state index contributed by atoms with van der Waals surface area (Å²) in [6.07, 6.45) is 0.308. The van der Waals surface area contributed by atoms with Gasteiger partial charge in [-0.15, -0.1) is 0 Å². The fraction of sp³-hybridized carbons (Fsp3) is 0.316. The summed E-state index contributed by atoms with van der Waals surface area (Å²) in [7, 11) is 2.02. The summed E-state index contributed by atoms with van der Waals surface area (Å²) >= 11 is 0. The third-order valence-electron chi connectivity index (χ3n) is 4.32. The molecule has 1 fully saturated rings. The number of hydrogen-bond acceptors (Lipinski definition) is 3. The number of nitrogens with one attached hydrogen (secondary N) is 1. The molecule has 2 aromatic carbocycles. The number of nitrogens with zero attached hydrogens (tertiary/aromatic N) is 1. The molecule has 0 spiro atoms. The fourth-order valence-electron chi connectivity index (χ4n) is 3.04. The number of anilines is 1. The summed E-state index contributed by atoms with van der Waals surface area (Å²) in [6.45, 7) is 2.17. The summed E-state index contributed by atoms with van der Waals surface area (Å²) in [6, 6.07) is 9.97. The van der Waals surface area contributed by atoms with Crippen molar-refractivity contribution in [3.05, 3.63) is 54.1 Å². The number of ether oxygens (including phenoxy) is 1. The summed E-state index contributed by atoms with van der Waals surface area (Å²) < 4.78 is 32.9.